The van der Waals surface area contributed by atoms with Crippen LogP contribution in [0.2, 0.25) is 0 Å². The predicted molar refractivity (Wildman–Crippen MR) is 226 cm³/mol. The molecule has 4 aliphatic carbocycles. The SMILES string of the molecule is CC1CC2(C1)CN(C)C2.CC1CC2(CCN(C)CC2)C1.CC1CCC2(CC1)CCN(C)CC2.CC1CCC2(CC1)CN(C)C2.Cc1ccc(C)cc1. The maximum absolute atomic E-state index is 2.49. The van der Waals surface area contributed by atoms with Crippen molar-refractivity contribution in [1.29, 1.82) is 0 Å². The second-order valence-electron chi connectivity index (χ2n) is 21.5. The van der Waals surface area contributed by atoms with Crippen LogP contribution in [0.3, 0.4) is 0 Å². The molecule has 4 saturated heterocycles. The quantitative estimate of drug-likeness (QED) is 0.265. The summed E-state index contributed by atoms with van der Waals surface area (Å²) in [5, 5.41) is 0. The van der Waals surface area contributed by atoms with Gasteiger partial charge in [-0.1, -0.05) is 88.8 Å². The molecule has 0 unspecified atom stereocenters. The standard InChI is InChI=1S/C12H23N.2C10H19N.C8H15N.C8H10/c1-11-3-5-12(6-4-11)7-9-13(2)10-8-12;1-9-7-10(8-9)3-5-11(2)6-4-10;1-9-3-5-10(6-4-9)7-11(2)8-10;1-7-3-8(4-7)5-9(2)6-8;1-7-3-5-8(2)6-4-7/h11H,3-10H2,1-2H3;2*9H,3-8H2,1-2H3;7H,3-6H2,1-2H3;3-6H,1-2H3. The van der Waals surface area contributed by atoms with E-state index in [0.29, 0.717) is 0 Å². The fraction of sp³-hybridized carbons (Fsp3) is 0.875. The molecule has 0 radical (unpaired) electrons. The minimum Gasteiger partial charge on any atom is -0.306 e. The maximum atomic E-state index is 2.49. The van der Waals surface area contributed by atoms with Crippen molar-refractivity contribution >= 4 is 0 Å². The molecule has 52 heavy (non-hydrogen) atoms. The zero-order valence-electron chi connectivity index (χ0n) is 36.4. The van der Waals surface area contributed by atoms with Crippen molar-refractivity contribution in [3.05, 3.63) is 35.4 Å². The van der Waals surface area contributed by atoms with E-state index in [1.54, 1.807) is 0 Å². The highest BCUT2D eigenvalue weighted by molar-refractivity contribution is 5.19. The summed E-state index contributed by atoms with van der Waals surface area (Å²) < 4.78 is 0. The summed E-state index contributed by atoms with van der Waals surface area (Å²) >= 11 is 0. The minimum absolute atomic E-state index is 0.777. The first kappa shape index (κ1) is 42.2. The highest BCUT2D eigenvalue weighted by atomic mass is 15.2. The molecule has 4 saturated carbocycles. The number of nitrogens with zero attached hydrogens (tertiary/aromatic N) is 4. The molecule has 9 rings (SSSR count). The third kappa shape index (κ3) is 12.0. The molecule has 4 nitrogen and oxygen atoms in total. The summed E-state index contributed by atoms with van der Waals surface area (Å²) in [5.41, 5.74) is 5.84. The fourth-order valence-corrected chi connectivity index (χ4v) is 12.1. The minimum atomic E-state index is 0.777. The van der Waals surface area contributed by atoms with Gasteiger partial charge in [-0.2, -0.15) is 0 Å². The van der Waals surface area contributed by atoms with Crippen LogP contribution in [0.15, 0.2) is 24.3 Å². The lowest BCUT2D eigenvalue weighted by atomic mass is 9.58. The van der Waals surface area contributed by atoms with Crippen LogP contribution >= 0.6 is 0 Å². The number of piperidine rings is 2. The number of hydrogen-bond donors (Lipinski definition) is 0. The van der Waals surface area contributed by atoms with Gasteiger partial charge in [-0.05, 0) is 191 Å². The summed E-state index contributed by atoms with van der Waals surface area (Å²) in [7, 11) is 8.96. The maximum Gasteiger partial charge on any atom is 0.00476 e. The molecule has 0 amide bonds. The van der Waals surface area contributed by atoms with Gasteiger partial charge in [0.05, 0.1) is 0 Å². The van der Waals surface area contributed by atoms with Gasteiger partial charge in [-0.15, -0.1) is 0 Å². The Labute approximate surface area is 324 Å². The first-order valence-electron chi connectivity index (χ1n) is 22.4. The Morgan fingerprint density at radius 1 is 0.385 bits per heavy atom. The molecule has 4 aliphatic heterocycles. The van der Waals surface area contributed by atoms with Gasteiger partial charge in [-0.3, -0.25) is 0 Å². The first-order chi connectivity index (χ1) is 24.6. The summed E-state index contributed by atoms with van der Waals surface area (Å²) in [4.78, 5) is 9.83. The van der Waals surface area contributed by atoms with Crippen molar-refractivity contribution in [3.8, 4) is 0 Å². The molecular formula is C48H86N4. The molecule has 1 aromatic carbocycles. The molecule has 4 spiro atoms. The van der Waals surface area contributed by atoms with E-state index in [4.69, 9.17) is 0 Å². The molecule has 0 bridgehead atoms. The normalized spacial score (nSPS) is 31.8. The number of hydrogen-bond acceptors (Lipinski definition) is 4. The Hall–Kier alpha value is -0.940. The van der Waals surface area contributed by atoms with Gasteiger partial charge < -0.3 is 19.6 Å². The van der Waals surface area contributed by atoms with Gasteiger partial charge in [0.25, 0.3) is 0 Å². The van der Waals surface area contributed by atoms with E-state index in [1.165, 1.54) is 166 Å². The molecule has 4 heterocycles. The number of benzene rings is 1. The van der Waals surface area contributed by atoms with E-state index in [-0.39, 0.29) is 0 Å². The Morgan fingerprint density at radius 2 is 0.692 bits per heavy atom. The second kappa shape index (κ2) is 18.3. The fourth-order valence-electron chi connectivity index (χ4n) is 12.1. The molecule has 0 atom stereocenters. The molecule has 8 fully saturated rings. The smallest absolute Gasteiger partial charge is 0.00476 e. The third-order valence-electron chi connectivity index (χ3n) is 15.5. The first-order valence-corrected chi connectivity index (χ1v) is 22.4. The Bertz CT molecular complexity index is 1050. The lowest BCUT2D eigenvalue weighted by Gasteiger charge is -2.57. The molecular weight excluding hydrogens is 633 g/mol. The second-order valence-corrected chi connectivity index (χ2v) is 21.5. The lowest BCUT2D eigenvalue weighted by molar-refractivity contribution is -0.0758. The van der Waals surface area contributed by atoms with Gasteiger partial charge in [0.2, 0.25) is 0 Å². The van der Waals surface area contributed by atoms with Crippen LogP contribution in [-0.2, 0) is 0 Å². The van der Waals surface area contributed by atoms with Crippen LogP contribution in [0.4, 0.5) is 0 Å². The molecule has 298 valence electrons. The van der Waals surface area contributed by atoms with Gasteiger partial charge in [0, 0.05) is 26.2 Å². The summed E-state index contributed by atoms with van der Waals surface area (Å²) in [5.74, 6) is 4.06. The van der Waals surface area contributed by atoms with Crippen molar-refractivity contribution in [1.82, 2.24) is 19.6 Å². The van der Waals surface area contributed by atoms with Crippen molar-refractivity contribution < 1.29 is 0 Å². The van der Waals surface area contributed by atoms with Crippen molar-refractivity contribution in [2.45, 2.75) is 144 Å². The van der Waals surface area contributed by atoms with Gasteiger partial charge in [0.1, 0.15) is 0 Å². The van der Waals surface area contributed by atoms with E-state index in [9.17, 15) is 0 Å². The van der Waals surface area contributed by atoms with E-state index >= 15 is 0 Å². The highest BCUT2D eigenvalue weighted by Crippen LogP contribution is 2.52. The van der Waals surface area contributed by atoms with E-state index in [2.05, 4.69) is 114 Å². The summed E-state index contributed by atoms with van der Waals surface area (Å²) in [6.45, 7) is 24.6. The van der Waals surface area contributed by atoms with E-state index in [1.807, 2.05) is 0 Å². The number of aryl methyl sites for hydroxylation is 2. The number of likely N-dealkylation sites (tertiary alicyclic amines) is 4. The zero-order valence-corrected chi connectivity index (χ0v) is 36.4. The summed E-state index contributed by atoms with van der Waals surface area (Å²) in [6.07, 6.45) is 23.9. The van der Waals surface area contributed by atoms with E-state index < -0.39 is 0 Å². The Balaban J connectivity index is 0.000000127. The monoisotopic (exact) mass is 719 g/mol. The van der Waals surface area contributed by atoms with E-state index in [0.717, 1.165) is 45.3 Å². The Kier molecular flexibility index (Phi) is 14.9. The van der Waals surface area contributed by atoms with Gasteiger partial charge in [-0.25, -0.2) is 0 Å². The largest absolute Gasteiger partial charge is 0.306 e. The average Bonchev–Trinajstić information content (AvgIpc) is 3.06. The van der Waals surface area contributed by atoms with Crippen molar-refractivity contribution in [2.75, 3.05) is 80.5 Å². The van der Waals surface area contributed by atoms with Crippen LogP contribution in [0, 0.1) is 59.2 Å². The molecule has 0 N–H and O–H groups in total. The molecule has 0 aromatic heterocycles. The van der Waals surface area contributed by atoms with Crippen molar-refractivity contribution in [3.63, 3.8) is 0 Å². The van der Waals surface area contributed by atoms with Crippen LogP contribution in [0.25, 0.3) is 0 Å². The average molecular weight is 719 g/mol. The van der Waals surface area contributed by atoms with Crippen LogP contribution < -0.4 is 0 Å². The topological polar surface area (TPSA) is 13.0 Å². The van der Waals surface area contributed by atoms with Crippen LogP contribution in [0.5, 0.6) is 0 Å². The highest BCUT2D eigenvalue weighted by Gasteiger charge is 2.49. The third-order valence-corrected chi connectivity index (χ3v) is 15.5. The zero-order chi connectivity index (χ0) is 37.6. The van der Waals surface area contributed by atoms with Crippen molar-refractivity contribution in [2.24, 2.45) is 45.3 Å². The van der Waals surface area contributed by atoms with Crippen LogP contribution in [-0.4, -0.2) is 100 Å². The lowest BCUT2D eigenvalue weighted by Crippen LogP contribution is -2.60. The van der Waals surface area contributed by atoms with Gasteiger partial charge >= 0.3 is 0 Å². The Morgan fingerprint density at radius 3 is 1.04 bits per heavy atom. The molecule has 1 aromatic rings. The summed E-state index contributed by atoms with van der Waals surface area (Å²) in [6, 6.07) is 8.48. The number of rotatable bonds is 0. The van der Waals surface area contributed by atoms with Gasteiger partial charge in [0.15, 0.2) is 0 Å². The molecule has 4 heteroatoms. The predicted octanol–water partition coefficient (Wildman–Crippen LogP) is 10.8. The van der Waals surface area contributed by atoms with Crippen LogP contribution in [0.1, 0.15) is 142 Å². The molecule has 8 aliphatic rings.